The Morgan fingerprint density at radius 3 is 2.65 bits per heavy atom. The molecule has 1 amide bonds. The molecule has 1 aliphatic rings. The van der Waals surface area contributed by atoms with E-state index < -0.39 is 4.92 Å². The maximum Gasteiger partial charge on any atom is 0.270 e. The van der Waals surface area contributed by atoms with Crippen molar-refractivity contribution in [3.8, 4) is 0 Å². The van der Waals surface area contributed by atoms with Crippen LogP contribution in [0.25, 0.3) is 6.08 Å². The van der Waals surface area contributed by atoms with E-state index in [4.69, 9.17) is 11.6 Å². The van der Waals surface area contributed by atoms with E-state index in [2.05, 4.69) is 10.2 Å². The normalized spacial score (nSPS) is 14.0. The quantitative estimate of drug-likeness (QED) is 0.477. The molecule has 0 spiro atoms. The van der Waals surface area contributed by atoms with E-state index in [-0.39, 0.29) is 11.6 Å². The molecule has 1 fully saturated rings. The summed E-state index contributed by atoms with van der Waals surface area (Å²) in [5, 5.41) is 14.1. The number of rotatable bonds is 5. The Morgan fingerprint density at radius 1 is 1.19 bits per heavy atom. The first-order chi connectivity index (χ1) is 12.5. The fourth-order valence-electron chi connectivity index (χ4n) is 2.90. The summed E-state index contributed by atoms with van der Waals surface area (Å²) in [6.45, 7) is 1.99. The lowest BCUT2D eigenvalue weighted by Crippen LogP contribution is -2.18. The van der Waals surface area contributed by atoms with Gasteiger partial charge in [0.25, 0.3) is 5.69 Å². The van der Waals surface area contributed by atoms with Gasteiger partial charge in [0.05, 0.1) is 15.6 Å². The van der Waals surface area contributed by atoms with Crippen LogP contribution in [-0.4, -0.2) is 23.9 Å². The zero-order valence-corrected chi connectivity index (χ0v) is 14.8. The van der Waals surface area contributed by atoms with Crippen molar-refractivity contribution in [1.82, 2.24) is 0 Å². The van der Waals surface area contributed by atoms with Gasteiger partial charge in [0.2, 0.25) is 5.91 Å². The largest absolute Gasteiger partial charge is 0.370 e. The first-order valence-electron chi connectivity index (χ1n) is 8.31. The molecule has 1 N–H and O–H groups in total. The molecule has 0 radical (unpaired) electrons. The van der Waals surface area contributed by atoms with Gasteiger partial charge in [-0.05, 0) is 42.7 Å². The van der Waals surface area contributed by atoms with Gasteiger partial charge < -0.3 is 10.2 Å². The van der Waals surface area contributed by atoms with Crippen LogP contribution in [0.5, 0.6) is 0 Å². The maximum atomic E-state index is 12.1. The highest BCUT2D eigenvalue weighted by atomic mass is 35.5. The van der Waals surface area contributed by atoms with Crippen molar-refractivity contribution in [2.45, 2.75) is 12.8 Å². The number of nitro groups is 1. The van der Waals surface area contributed by atoms with Gasteiger partial charge in [0.1, 0.15) is 0 Å². The zero-order chi connectivity index (χ0) is 18.5. The lowest BCUT2D eigenvalue weighted by molar-refractivity contribution is -0.384. The van der Waals surface area contributed by atoms with Crippen LogP contribution >= 0.6 is 11.6 Å². The van der Waals surface area contributed by atoms with Crippen molar-refractivity contribution in [3.63, 3.8) is 0 Å². The molecule has 0 aliphatic carbocycles. The second-order valence-electron chi connectivity index (χ2n) is 6.04. The van der Waals surface area contributed by atoms with Gasteiger partial charge in [0, 0.05) is 37.0 Å². The van der Waals surface area contributed by atoms with Crippen LogP contribution < -0.4 is 10.2 Å². The van der Waals surface area contributed by atoms with Crippen LogP contribution in [-0.2, 0) is 4.79 Å². The Morgan fingerprint density at radius 2 is 1.96 bits per heavy atom. The van der Waals surface area contributed by atoms with E-state index in [0.717, 1.165) is 31.6 Å². The molecule has 0 bridgehead atoms. The third-order valence-electron chi connectivity index (χ3n) is 4.17. The second kappa shape index (κ2) is 8.01. The third-order valence-corrected chi connectivity index (χ3v) is 4.47. The Kier molecular flexibility index (Phi) is 5.53. The Labute approximate surface area is 156 Å². The number of non-ortho nitro benzene ring substituents is 1. The number of nitrogens with zero attached hydrogens (tertiary/aromatic N) is 2. The van der Waals surface area contributed by atoms with Crippen molar-refractivity contribution < 1.29 is 9.72 Å². The summed E-state index contributed by atoms with van der Waals surface area (Å²) in [7, 11) is 0. The molecule has 1 saturated heterocycles. The van der Waals surface area contributed by atoms with Gasteiger partial charge in [-0.1, -0.05) is 23.7 Å². The van der Waals surface area contributed by atoms with E-state index in [9.17, 15) is 14.9 Å². The molecular formula is C19H18ClN3O3. The van der Waals surface area contributed by atoms with E-state index in [1.54, 1.807) is 18.2 Å². The second-order valence-corrected chi connectivity index (χ2v) is 6.44. The number of hydrogen-bond donors (Lipinski definition) is 1. The standard InChI is InChI=1S/C19H18ClN3O3/c20-17-13-15(7-8-18(17)22-10-1-2-11-22)21-19(24)9-6-14-4-3-5-16(12-14)23(25)26/h3-9,12-13H,1-2,10-11H2,(H,21,24). The van der Waals surface area contributed by atoms with Crippen LogP contribution in [0.4, 0.5) is 17.1 Å². The van der Waals surface area contributed by atoms with Crippen LogP contribution in [0, 0.1) is 10.1 Å². The minimum absolute atomic E-state index is 0.0168. The first-order valence-corrected chi connectivity index (χ1v) is 8.69. The summed E-state index contributed by atoms with van der Waals surface area (Å²) in [5.74, 6) is -0.332. The van der Waals surface area contributed by atoms with E-state index in [0.29, 0.717) is 16.3 Å². The number of halogens is 1. The highest BCUT2D eigenvalue weighted by Crippen LogP contribution is 2.31. The summed E-state index contributed by atoms with van der Waals surface area (Å²) < 4.78 is 0. The van der Waals surface area contributed by atoms with Gasteiger partial charge in [-0.15, -0.1) is 0 Å². The number of anilines is 2. The van der Waals surface area contributed by atoms with Gasteiger partial charge in [-0.2, -0.15) is 0 Å². The van der Waals surface area contributed by atoms with Gasteiger partial charge in [-0.3, -0.25) is 14.9 Å². The highest BCUT2D eigenvalue weighted by Gasteiger charge is 2.15. The molecule has 1 heterocycles. The maximum absolute atomic E-state index is 12.1. The number of nitrogens with one attached hydrogen (secondary N) is 1. The van der Waals surface area contributed by atoms with Crippen molar-refractivity contribution in [2.24, 2.45) is 0 Å². The third kappa shape index (κ3) is 4.40. The number of carbonyl (C=O) groups excluding carboxylic acids is 1. The minimum atomic E-state index is -0.471. The smallest absolute Gasteiger partial charge is 0.270 e. The molecular weight excluding hydrogens is 354 g/mol. The molecule has 134 valence electrons. The fourth-order valence-corrected chi connectivity index (χ4v) is 3.20. The van der Waals surface area contributed by atoms with Crippen molar-refractivity contribution in [1.29, 1.82) is 0 Å². The Balaban J connectivity index is 1.65. The average molecular weight is 372 g/mol. The van der Waals surface area contributed by atoms with Crippen molar-refractivity contribution >= 4 is 40.6 Å². The van der Waals surface area contributed by atoms with Gasteiger partial charge in [-0.25, -0.2) is 0 Å². The molecule has 0 aromatic heterocycles. The van der Waals surface area contributed by atoms with E-state index in [1.165, 1.54) is 24.3 Å². The molecule has 1 aliphatic heterocycles. The highest BCUT2D eigenvalue weighted by molar-refractivity contribution is 6.33. The Hall–Kier alpha value is -2.86. The van der Waals surface area contributed by atoms with E-state index in [1.807, 2.05) is 12.1 Å². The summed E-state index contributed by atoms with van der Waals surface area (Å²) in [4.78, 5) is 24.6. The molecule has 2 aromatic carbocycles. The van der Waals surface area contributed by atoms with Crippen LogP contribution in [0.2, 0.25) is 5.02 Å². The number of carbonyl (C=O) groups is 1. The summed E-state index contributed by atoms with van der Waals surface area (Å²) in [6, 6.07) is 11.5. The fraction of sp³-hybridized carbons (Fsp3) is 0.211. The Bertz CT molecular complexity index is 861. The molecule has 26 heavy (non-hydrogen) atoms. The number of nitro benzene ring substituents is 1. The number of hydrogen-bond acceptors (Lipinski definition) is 4. The summed E-state index contributed by atoms with van der Waals surface area (Å²) in [6.07, 6.45) is 5.19. The summed E-state index contributed by atoms with van der Waals surface area (Å²) >= 11 is 6.34. The lowest BCUT2D eigenvalue weighted by Gasteiger charge is -2.19. The topological polar surface area (TPSA) is 75.5 Å². The predicted octanol–water partition coefficient (Wildman–Crippen LogP) is 4.50. The zero-order valence-electron chi connectivity index (χ0n) is 14.0. The monoisotopic (exact) mass is 371 g/mol. The molecule has 3 rings (SSSR count). The molecule has 0 atom stereocenters. The molecule has 7 heteroatoms. The molecule has 2 aromatic rings. The van der Waals surface area contributed by atoms with Crippen molar-refractivity contribution in [3.05, 3.63) is 69.2 Å². The van der Waals surface area contributed by atoms with E-state index >= 15 is 0 Å². The van der Waals surface area contributed by atoms with Gasteiger partial charge in [0.15, 0.2) is 0 Å². The first kappa shape index (κ1) is 17.9. The van der Waals surface area contributed by atoms with Gasteiger partial charge >= 0.3 is 0 Å². The molecule has 6 nitrogen and oxygen atoms in total. The average Bonchev–Trinajstić information content (AvgIpc) is 3.14. The van der Waals surface area contributed by atoms with Crippen LogP contribution in [0.15, 0.2) is 48.5 Å². The number of amides is 1. The lowest BCUT2D eigenvalue weighted by atomic mass is 10.2. The number of benzene rings is 2. The SMILES string of the molecule is O=C(C=Cc1cccc([N+](=O)[O-])c1)Nc1ccc(N2CCCC2)c(Cl)c1. The van der Waals surface area contributed by atoms with Crippen LogP contribution in [0.1, 0.15) is 18.4 Å². The minimum Gasteiger partial charge on any atom is -0.370 e. The molecule has 0 saturated carbocycles. The summed E-state index contributed by atoms with van der Waals surface area (Å²) in [5.41, 5.74) is 2.15. The van der Waals surface area contributed by atoms with Crippen molar-refractivity contribution in [2.75, 3.05) is 23.3 Å². The predicted molar refractivity (Wildman–Crippen MR) is 104 cm³/mol. The van der Waals surface area contributed by atoms with Crippen LogP contribution in [0.3, 0.4) is 0 Å². The molecule has 0 unspecified atom stereocenters.